The Labute approximate surface area is 90.5 Å². The average molecular weight is 231 g/mol. The van der Waals surface area contributed by atoms with Gasteiger partial charge < -0.3 is 0 Å². The average Bonchev–Trinajstić information content (AvgIpc) is 2.45. The van der Waals surface area contributed by atoms with Gasteiger partial charge >= 0.3 is 0 Å². The minimum absolute atomic E-state index is 0.112. The normalized spacial score (nSPS) is 12.3. The number of nitrogens with one attached hydrogen (secondary N) is 1. The minimum Gasteiger partial charge on any atom is -0.271 e. The van der Waals surface area contributed by atoms with Crippen LogP contribution in [-0.4, -0.2) is 24.2 Å². The van der Waals surface area contributed by atoms with Crippen molar-refractivity contribution in [3.05, 3.63) is 11.9 Å². The highest BCUT2D eigenvalue weighted by atomic mass is 32.2. The van der Waals surface area contributed by atoms with E-state index in [-0.39, 0.29) is 10.9 Å². The van der Waals surface area contributed by atoms with Gasteiger partial charge in [0.1, 0.15) is 4.90 Å². The second-order valence-corrected chi connectivity index (χ2v) is 5.39. The van der Waals surface area contributed by atoms with Crippen molar-refractivity contribution >= 4 is 10.0 Å². The molecule has 5 nitrogen and oxygen atoms in total. The van der Waals surface area contributed by atoms with Crippen molar-refractivity contribution in [2.24, 2.45) is 0 Å². The van der Waals surface area contributed by atoms with Crippen LogP contribution in [0.3, 0.4) is 0 Å². The number of nitrogens with zero attached hydrogens (tertiary/aromatic N) is 2. The summed E-state index contributed by atoms with van der Waals surface area (Å²) in [6, 6.07) is -0.112. The lowest BCUT2D eigenvalue weighted by atomic mass is 10.4. The van der Waals surface area contributed by atoms with Crippen LogP contribution in [0.15, 0.2) is 11.1 Å². The van der Waals surface area contributed by atoms with E-state index in [1.807, 2.05) is 6.92 Å². The van der Waals surface area contributed by atoms with Crippen molar-refractivity contribution in [2.75, 3.05) is 0 Å². The summed E-state index contributed by atoms with van der Waals surface area (Å²) in [5.74, 6) is 0. The fourth-order valence-electron chi connectivity index (χ4n) is 1.30. The maximum atomic E-state index is 11.8. The van der Waals surface area contributed by atoms with Crippen molar-refractivity contribution in [3.63, 3.8) is 0 Å². The second kappa shape index (κ2) is 4.32. The molecule has 0 atom stereocenters. The minimum atomic E-state index is -3.41. The molecule has 0 fully saturated rings. The number of hydrogen-bond acceptors (Lipinski definition) is 3. The van der Waals surface area contributed by atoms with Crippen LogP contribution in [0, 0.1) is 6.92 Å². The summed E-state index contributed by atoms with van der Waals surface area (Å²) < 4.78 is 27.8. The Balaban J connectivity index is 3.09. The highest BCUT2D eigenvalue weighted by Crippen LogP contribution is 2.13. The first kappa shape index (κ1) is 12.2. The fourth-order valence-corrected chi connectivity index (χ4v) is 2.74. The van der Waals surface area contributed by atoms with E-state index >= 15 is 0 Å². The van der Waals surface area contributed by atoms with Crippen LogP contribution in [0.4, 0.5) is 0 Å². The second-order valence-electron chi connectivity index (χ2n) is 3.71. The molecular weight excluding hydrogens is 214 g/mol. The quantitative estimate of drug-likeness (QED) is 0.837. The Morgan fingerprint density at radius 3 is 2.53 bits per heavy atom. The van der Waals surface area contributed by atoms with E-state index < -0.39 is 10.0 Å². The van der Waals surface area contributed by atoms with Gasteiger partial charge in [-0.15, -0.1) is 0 Å². The zero-order chi connectivity index (χ0) is 11.6. The lowest BCUT2D eigenvalue weighted by molar-refractivity contribution is 0.569. The number of rotatable bonds is 4. The van der Waals surface area contributed by atoms with Gasteiger partial charge in [-0.2, -0.15) is 5.10 Å². The molecular formula is C9H17N3O2S. The fraction of sp³-hybridized carbons (Fsp3) is 0.667. The zero-order valence-electron chi connectivity index (χ0n) is 9.48. The SMILES string of the molecule is CCn1cc(S(=O)(=O)NC(C)C)c(C)n1. The largest absolute Gasteiger partial charge is 0.271 e. The van der Waals surface area contributed by atoms with Crippen molar-refractivity contribution in [1.29, 1.82) is 0 Å². The molecule has 1 heterocycles. The van der Waals surface area contributed by atoms with Gasteiger partial charge in [0.05, 0.1) is 5.69 Å². The number of aromatic nitrogens is 2. The van der Waals surface area contributed by atoms with E-state index in [1.54, 1.807) is 31.6 Å². The third kappa shape index (κ3) is 2.79. The van der Waals surface area contributed by atoms with E-state index in [2.05, 4.69) is 9.82 Å². The molecule has 1 aromatic heterocycles. The molecule has 0 unspecified atom stereocenters. The lowest BCUT2D eigenvalue weighted by Gasteiger charge is -2.07. The monoisotopic (exact) mass is 231 g/mol. The summed E-state index contributed by atoms with van der Waals surface area (Å²) in [4.78, 5) is 0.262. The molecule has 0 aliphatic carbocycles. The first-order valence-electron chi connectivity index (χ1n) is 4.93. The summed E-state index contributed by atoms with van der Waals surface area (Å²) in [5, 5.41) is 4.10. The molecule has 0 aliphatic heterocycles. The Morgan fingerprint density at radius 2 is 2.13 bits per heavy atom. The summed E-state index contributed by atoms with van der Waals surface area (Å²) in [7, 11) is -3.41. The van der Waals surface area contributed by atoms with Gasteiger partial charge in [-0.1, -0.05) is 0 Å². The molecule has 0 spiro atoms. The predicted octanol–water partition coefficient (Wildman–Crippen LogP) is 0.898. The van der Waals surface area contributed by atoms with Gasteiger partial charge in [0.2, 0.25) is 10.0 Å². The van der Waals surface area contributed by atoms with E-state index in [1.165, 1.54) is 0 Å². The van der Waals surface area contributed by atoms with E-state index in [0.29, 0.717) is 12.2 Å². The third-order valence-corrected chi connectivity index (χ3v) is 3.67. The lowest BCUT2D eigenvalue weighted by Crippen LogP contribution is -2.30. The standard InChI is InChI=1S/C9H17N3O2S/c1-5-12-6-9(8(4)10-12)15(13,14)11-7(2)3/h6-7,11H,5H2,1-4H3. The summed E-state index contributed by atoms with van der Waals surface area (Å²) in [6.07, 6.45) is 1.56. The first-order valence-corrected chi connectivity index (χ1v) is 6.41. The Hall–Kier alpha value is -0.880. The zero-order valence-corrected chi connectivity index (χ0v) is 10.3. The number of hydrogen-bond donors (Lipinski definition) is 1. The molecule has 0 saturated carbocycles. The van der Waals surface area contributed by atoms with Gasteiger partial charge in [-0.05, 0) is 27.7 Å². The smallest absolute Gasteiger partial charge is 0.244 e. The van der Waals surface area contributed by atoms with Crippen LogP contribution in [0.5, 0.6) is 0 Å². The Kier molecular flexibility index (Phi) is 3.51. The summed E-state index contributed by atoms with van der Waals surface area (Å²) in [6.45, 7) is 7.85. The Bertz CT molecular complexity index is 434. The van der Waals surface area contributed by atoms with E-state index in [0.717, 1.165) is 0 Å². The maximum absolute atomic E-state index is 11.8. The highest BCUT2D eigenvalue weighted by molar-refractivity contribution is 7.89. The molecule has 0 amide bonds. The molecule has 1 aromatic rings. The summed E-state index contributed by atoms with van der Waals surface area (Å²) >= 11 is 0. The van der Waals surface area contributed by atoms with Gasteiger partial charge in [0.25, 0.3) is 0 Å². The van der Waals surface area contributed by atoms with Crippen LogP contribution in [-0.2, 0) is 16.6 Å². The van der Waals surface area contributed by atoms with Crippen LogP contribution in [0.25, 0.3) is 0 Å². The van der Waals surface area contributed by atoms with Gasteiger partial charge in [-0.3, -0.25) is 4.68 Å². The van der Waals surface area contributed by atoms with Gasteiger partial charge in [0, 0.05) is 18.8 Å². The van der Waals surface area contributed by atoms with E-state index in [4.69, 9.17) is 0 Å². The highest BCUT2D eigenvalue weighted by Gasteiger charge is 2.20. The van der Waals surface area contributed by atoms with Crippen LogP contribution in [0.2, 0.25) is 0 Å². The molecule has 15 heavy (non-hydrogen) atoms. The Morgan fingerprint density at radius 1 is 1.53 bits per heavy atom. The first-order chi connectivity index (χ1) is 6.86. The molecule has 0 bridgehead atoms. The van der Waals surface area contributed by atoms with Gasteiger partial charge in [-0.25, -0.2) is 13.1 Å². The molecule has 0 radical (unpaired) electrons. The van der Waals surface area contributed by atoms with Crippen molar-refractivity contribution in [3.8, 4) is 0 Å². The van der Waals surface area contributed by atoms with Crippen molar-refractivity contribution in [1.82, 2.24) is 14.5 Å². The molecule has 0 aliphatic rings. The number of sulfonamides is 1. The molecule has 1 N–H and O–H groups in total. The molecule has 0 saturated heterocycles. The molecule has 86 valence electrons. The van der Waals surface area contributed by atoms with Crippen molar-refractivity contribution < 1.29 is 8.42 Å². The summed E-state index contributed by atoms with van der Waals surface area (Å²) in [5.41, 5.74) is 0.532. The molecule has 1 rings (SSSR count). The van der Waals surface area contributed by atoms with Gasteiger partial charge in [0.15, 0.2) is 0 Å². The van der Waals surface area contributed by atoms with Crippen LogP contribution >= 0.6 is 0 Å². The molecule has 0 aromatic carbocycles. The number of aryl methyl sites for hydroxylation is 2. The van der Waals surface area contributed by atoms with Crippen molar-refractivity contribution in [2.45, 2.75) is 45.2 Å². The van der Waals surface area contributed by atoms with Crippen LogP contribution < -0.4 is 4.72 Å². The topological polar surface area (TPSA) is 64.0 Å². The van der Waals surface area contributed by atoms with E-state index in [9.17, 15) is 8.42 Å². The third-order valence-electron chi connectivity index (χ3n) is 1.91. The molecule has 6 heteroatoms. The van der Waals surface area contributed by atoms with Crippen LogP contribution in [0.1, 0.15) is 26.5 Å². The maximum Gasteiger partial charge on any atom is 0.244 e. The predicted molar refractivity (Wildman–Crippen MR) is 58.1 cm³/mol.